The van der Waals surface area contributed by atoms with Gasteiger partial charge in [0.25, 0.3) is 5.91 Å². The molecule has 2 aromatic carbocycles. The Morgan fingerprint density at radius 2 is 1.84 bits per heavy atom. The maximum Gasteiger partial charge on any atom is 0.416 e. The summed E-state index contributed by atoms with van der Waals surface area (Å²) in [5, 5.41) is 4.53. The second-order valence-corrected chi connectivity index (χ2v) is 9.55. The van der Waals surface area contributed by atoms with Gasteiger partial charge in [-0.15, -0.1) is 11.3 Å². The van der Waals surface area contributed by atoms with E-state index < -0.39 is 17.6 Å². The van der Waals surface area contributed by atoms with E-state index in [9.17, 15) is 18.0 Å². The van der Waals surface area contributed by atoms with E-state index in [4.69, 9.17) is 5.73 Å². The van der Waals surface area contributed by atoms with Crippen molar-refractivity contribution in [1.82, 2.24) is 19.5 Å². The summed E-state index contributed by atoms with van der Waals surface area (Å²) >= 11 is 1.44. The number of hydrogen-bond acceptors (Lipinski definition) is 6. The minimum atomic E-state index is -4.59. The molecule has 192 valence electrons. The largest absolute Gasteiger partial charge is 0.416 e. The van der Waals surface area contributed by atoms with Crippen LogP contribution in [0.25, 0.3) is 28.1 Å². The number of carbonyl (C=O) groups excluding carboxylic acids is 1. The maximum atomic E-state index is 13.6. The number of carbonyl (C=O) groups is 1. The highest BCUT2D eigenvalue weighted by Crippen LogP contribution is 2.33. The van der Waals surface area contributed by atoms with Crippen LogP contribution < -0.4 is 11.1 Å². The summed E-state index contributed by atoms with van der Waals surface area (Å²) < 4.78 is 43.0. The van der Waals surface area contributed by atoms with Crippen molar-refractivity contribution in [2.45, 2.75) is 20.0 Å². The second-order valence-electron chi connectivity index (χ2n) is 8.68. The number of anilines is 2. The van der Waals surface area contributed by atoms with Crippen molar-refractivity contribution in [2.24, 2.45) is 0 Å². The molecule has 3 N–H and O–H groups in total. The van der Waals surface area contributed by atoms with Gasteiger partial charge in [0.1, 0.15) is 12.1 Å². The van der Waals surface area contributed by atoms with Crippen molar-refractivity contribution >= 4 is 51.1 Å². The molecule has 0 spiro atoms. The van der Waals surface area contributed by atoms with Gasteiger partial charge in [-0.25, -0.2) is 15.0 Å². The number of aryl methyl sites for hydroxylation is 2. The number of benzene rings is 2. The molecule has 3 aromatic heterocycles. The molecule has 11 heteroatoms. The third-order valence-electron chi connectivity index (χ3n) is 5.91. The van der Waals surface area contributed by atoms with Crippen molar-refractivity contribution in [3.63, 3.8) is 0 Å². The Morgan fingerprint density at radius 3 is 2.58 bits per heavy atom. The summed E-state index contributed by atoms with van der Waals surface area (Å²) in [4.78, 5) is 25.4. The molecule has 0 atom stereocenters. The summed E-state index contributed by atoms with van der Waals surface area (Å²) in [6.45, 7) is 3.64. The van der Waals surface area contributed by atoms with Gasteiger partial charge >= 0.3 is 6.18 Å². The fraction of sp³-hybridized carbons (Fsp3) is 0.111. The number of nitrogens with zero attached hydrogens (tertiary/aromatic N) is 4. The number of aromatic nitrogens is 4. The van der Waals surface area contributed by atoms with Gasteiger partial charge in [0.15, 0.2) is 0 Å². The first kappa shape index (κ1) is 25.2. The topological polar surface area (TPSA) is 98.7 Å². The molecule has 5 rings (SSSR count). The van der Waals surface area contributed by atoms with Crippen molar-refractivity contribution in [3.05, 3.63) is 94.1 Å². The van der Waals surface area contributed by atoms with Crippen LogP contribution in [0.5, 0.6) is 0 Å². The molecule has 7 nitrogen and oxygen atoms in total. The lowest BCUT2D eigenvalue weighted by atomic mass is 10.0. The summed E-state index contributed by atoms with van der Waals surface area (Å²) in [7, 11) is 0. The molecule has 0 aliphatic heterocycles. The zero-order valence-corrected chi connectivity index (χ0v) is 21.1. The highest BCUT2D eigenvalue weighted by molar-refractivity contribution is 7.18. The van der Waals surface area contributed by atoms with Gasteiger partial charge in [0.05, 0.1) is 27.8 Å². The van der Waals surface area contributed by atoms with Crippen molar-refractivity contribution in [3.8, 4) is 5.69 Å². The standard InChI is InChI=1S/C27H21F3N6OS/c1-15-3-4-18(7-17(15)5-6-19-12-38-24-23(19)32-13-33-25(24)31)26(37)35-21-8-20(27(28,29)30)9-22(10-21)36-11-16(2)34-14-36/h3-14H,1-2H3,(H,35,37)(H2,31,32,33)/b6-5+. The zero-order valence-electron chi connectivity index (χ0n) is 20.2. The first-order valence-corrected chi connectivity index (χ1v) is 12.3. The molecule has 0 saturated heterocycles. The van der Waals surface area contributed by atoms with Gasteiger partial charge in [-0.05, 0) is 55.3 Å². The smallest absolute Gasteiger partial charge is 0.382 e. The van der Waals surface area contributed by atoms with Gasteiger partial charge in [0, 0.05) is 34.1 Å². The summed E-state index contributed by atoms with van der Waals surface area (Å²) in [5.41, 5.74) is 9.53. The van der Waals surface area contributed by atoms with E-state index in [1.165, 1.54) is 34.6 Å². The maximum absolute atomic E-state index is 13.6. The molecule has 0 fully saturated rings. The Bertz CT molecular complexity index is 1700. The molecular formula is C27H21F3N6OS. The normalized spacial score (nSPS) is 11.9. The van der Waals surface area contributed by atoms with Crippen LogP contribution >= 0.6 is 11.3 Å². The predicted octanol–water partition coefficient (Wildman–Crippen LogP) is 6.52. The average molecular weight is 535 g/mol. The number of nitrogens with one attached hydrogen (secondary N) is 1. The molecule has 0 aliphatic carbocycles. The van der Waals surface area contributed by atoms with Crippen molar-refractivity contribution < 1.29 is 18.0 Å². The van der Waals surface area contributed by atoms with Crippen LogP contribution in [0.15, 0.2) is 60.6 Å². The van der Waals surface area contributed by atoms with Crippen LogP contribution in [0, 0.1) is 13.8 Å². The molecule has 0 radical (unpaired) electrons. The minimum Gasteiger partial charge on any atom is -0.382 e. The molecule has 1 amide bonds. The lowest BCUT2D eigenvalue weighted by Crippen LogP contribution is -2.14. The van der Waals surface area contributed by atoms with Crippen LogP contribution in [-0.2, 0) is 6.18 Å². The fourth-order valence-corrected chi connectivity index (χ4v) is 4.80. The monoisotopic (exact) mass is 534 g/mol. The van der Waals surface area contributed by atoms with Gasteiger partial charge in [-0.1, -0.05) is 18.2 Å². The lowest BCUT2D eigenvalue weighted by molar-refractivity contribution is -0.137. The third kappa shape index (κ3) is 5.14. The average Bonchev–Trinajstić information content (AvgIpc) is 3.50. The SMILES string of the molecule is Cc1cn(-c2cc(NC(=O)c3ccc(C)c(/C=C/c4csc5c(N)ncnc45)c3)cc(C(F)(F)F)c2)cn1. The van der Waals surface area contributed by atoms with Crippen LogP contribution in [0.3, 0.4) is 0 Å². The van der Waals surface area contributed by atoms with Crippen LogP contribution in [-0.4, -0.2) is 25.4 Å². The van der Waals surface area contributed by atoms with Gasteiger partial charge in [-0.3, -0.25) is 4.79 Å². The second kappa shape index (κ2) is 9.75. The number of amides is 1. The number of nitrogens with two attached hydrogens (primary N) is 1. The van der Waals surface area contributed by atoms with Crippen LogP contribution in [0.1, 0.15) is 38.3 Å². The number of thiophene rings is 1. The van der Waals surface area contributed by atoms with E-state index in [1.54, 1.807) is 31.3 Å². The predicted molar refractivity (Wildman–Crippen MR) is 143 cm³/mol. The first-order valence-electron chi connectivity index (χ1n) is 11.4. The van der Waals surface area contributed by atoms with Gasteiger partial charge < -0.3 is 15.6 Å². The van der Waals surface area contributed by atoms with E-state index in [2.05, 4.69) is 20.3 Å². The number of alkyl halides is 3. The lowest BCUT2D eigenvalue weighted by Gasteiger charge is -2.14. The number of imidazole rings is 1. The number of rotatable bonds is 5. The Morgan fingerprint density at radius 1 is 1.05 bits per heavy atom. The van der Waals surface area contributed by atoms with Gasteiger partial charge in [0.2, 0.25) is 0 Å². The molecule has 0 unspecified atom stereocenters. The molecule has 0 saturated carbocycles. The first-order chi connectivity index (χ1) is 18.1. The van der Waals surface area contributed by atoms with Crippen molar-refractivity contribution in [2.75, 3.05) is 11.1 Å². The Balaban J connectivity index is 1.43. The highest BCUT2D eigenvalue weighted by atomic mass is 32.1. The van der Waals surface area contributed by atoms with E-state index in [1.807, 2.05) is 24.5 Å². The highest BCUT2D eigenvalue weighted by Gasteiger charge is 2.31. The summed E-state index contributed by atoms with van der Waals surface area (Å²) in [6.07, 6.45) is 3.58. The minimum absolute atomic E-state index is 0.0193. The van der Waals surface area contributed by atoms with Crippen LogP contribution in [0.2, 0.25) is 0 Å². The Kier molecular flexibility index (Phi) is 6.45. The fourth-order valence-electron chi connectivity index (χ4n) is 3.91. The van der Waals surface area contributed by atoms with E-state index in [0.717, 1.165) is 39.0 Å². The molecular weight excluding hydrogens is 513 g/mol. The number of nitrogen functional groups attached to an aromatic ring is 1. The summed E-state index contributed by atoms with van der Waals surface area (Å²) in [5.74, 6) is -0.122. The number of fused-ring (bicyclic) bond motifs is 1. The molecule has 0 bridgehead atoms. The van der Waals surface area contributed by atoms with E-state index >= 15 is 0 Å². The van der Waals surface area contributed by atoms with Gasteiger partial charge in [-0.2, -0.15) is 13.2 Å². The Labute approximate surface area is 219 Å². The van der Waals surface area contributed by atoms with E-state index in [0.29, 0.717) is 17.1 Å². The summed E-state index contributed by atoms with van der Waals surface area (Å²) in [6, 6.07) is 8.49. The molecule has 5 aromatic rings. The molecule has 0 aliphatic rings. The quantitative estimate of drug-likeness (QED) is 0.268. The van der Waals surface area contributed by atoms with E-state index in [-0.39, 0.29) is 11.4 Å². The third-order valence-corrected chi connectivity index (χ3v) is 6.92. The molecule has 3 heterocycles. The molecule has 38 heavy (non-hydrogen) atoms. The van der Waals surface area contributed by atoms with Crippen molar-refractivity contribution in [1.29, 1.82) is 0 Å². The number of halogens is 3. The number of hydrogen-bond donors (Lipinski definition) is 2. The Hall–Kier alpha value is -4.51. The van der Waals surface area contributed by atoms with Crippen LogP contribution in [0.4, 0.5) is 24.7 Å². The zero-order chi connectivity index (χ0) is 27.0.